The number of nitrogens with one attached hydrogen (secondary N) is 1. The largest absolute Gasteiger partial charge is 0.443 e. The van der Waals surface area contributed by atoms with Crippen molar-refractivity contribution in [3.63, 3.8) is 0 Å². The highest BCUT2D eigenvalue weighted by atomic mass is 19.3. The third-order valence-electron chi connectivity index (χ3n) is 3.58. The van der Waals surface area contributed by atoms with Gasteiger partial charge >= 0.3 is 6.09 Å². The molecule has 1 N–H and O–H groups in total. The molecule has 1 aromatic carbocycles. The van der Waals surface area contributed by atoms with Crippen LogP contribution in [-0.2, 0) is 11.2 Å². The SMILES string of the molecule is CC(Nc1ccc2c(c1)CCCN2C(=O)OC(C)(C)C)C(F)F. The second kappa shape index (κ2) is 6.72. The lowest BCUT2D eigenvalue weighted by molar-refractivity contribution is 0.0578. The molecule has 128 valence electrons. The lowest BCUT2D eigenvalue weighted by atomic mass is 10.0. The molecular formula is C17H24F2N2O2. The van der Waals surface area contributed by atoms with Gasteiger partial charge in [0.1, 0.15) is 5.60 Å². The molecule has 1 heterocycles. The zero-order valence-corrected chi connectivity index (χ0v) is 14.0. The van der Waals surface area contributed by atoms with Gasteiger partial charge in [-0.1, -0.05) is 0 Å². The van der Waals surface area contributed by atoms with Crippen LogP contribution in [0.4, 0.5) is 25.0 Å². The van der Waals surface area contributed by atoms with Gasteiger partial charge in [-0.05, 0) is 64.3 Å². The Morgan fingerprint density at radius 3 is 2.65 bits per heavy atom. The number of benzene rings is 1. The Kier molecular flexibility index (Phi) is 5.12. The summed E-state index contributed by atoms with van der Waals surface area (Å²) in [7, 11) is 0. The number of carbonyl (C=O) groups is 1. The van der Waals surface area contributed by atoms with Gasteiger partial charge in [0.2, 0.25) is 0 Å². The molecule has 23 heavy (non-hydrogen) atoms. The molecule has 2 rings (SSSR count). The minimum atomic E-state index is -2.43. The number of hydrogen-bond donors (Lipinski definition) is 1. The van der Waals surface area contributed by atoms with Crippen LogP contribution in [-0.4, -0.2) is 30.7 Å². The van der Waals surface area contributed by atoms with E-state index in [1.807, 2.05) is 26.8 Å². The van der Waals surface area contributed by atoms with Crippen molar-refractivity contribution in [3.8, 4) is 0 Å². The van der Waals surface area contributed by atoms with E-state index in [0.29, 0.717) is 12.2 Å². The molecule has 1 atom stereocenters. The Balaban J connectivity index is 2.18. The molecule has 1 aliphatic heterocycles. The molecule has 1 aromatic rings. The Morgan fingerprint density at radius 1 is 1.35 bits per heavy atom. The van der Waals surface area contributed by atoms with Crippen LogP contribution in [0.5, 0.6) is 0 Å². The maximum Gasteiger partial charge on any atom is 0.414 e. The number of anilines is 2. The molecule has 1 amide bonds. The van der Waals surface area contributed by atoms with Crippen molar-refractivity contribution in [1.82, 2.24) is 0 Å². The molecule has 4 nitrogen and oxygen atoms in total. The fourth-order valence-corrected chi connectivity index (χ4v) is 2.52. The second-order valence-corrected chi connectivity index (χ2v) is 6.85. The van der Waals surface area contributed by atoms with Crippen LogP contribution in [0.15, 0.2) is 18.2 Å². The second-order valence-electron chi connectivity index (χ2n) is 6.85. The number of amides is 1. The summed E-state index contributed by atoms with van der Waals surface area (Å²) in [5.74, 6) is 0. The molecule has 0 aliphatic carbocycles. The smallest absolute Gasteiger partial charge is 0.414 e. The minimum Gasteiger partial charge on any atom is -0.443 e. The first-order valence-electron chi connectivity index (χ1n) is 7.85. The van der Waals surface area contributed by atoms with E-state index in [9.17, 15) is 13.6 Å². The lowest BCUT2D eigenvalue weighted by Crippen LogP contribution is -2.39. The Labute approximate surface area is 135 Å². The quantitative estimate of drug-likeness (QED) is 0.893. The van der Waals surface area contributed by atoms with E-state index in [4.69, 9.17) is 4.74 Å². The fourth-order valence-electron chi connectivity index (χ4n) is 2.52. The number of nitrogens with zero attached hydrogens (tertiary/aromatic N) is 1. The monoisotopic (exact) mass is 326 g/mol. The van der Waals surface area contributed by atoms with Gasteiger partial charge in [-0.25, -0.2) is 13.6 Å². The van der Waals surface area contributed by atoms with Crippen LogP contribution in [0, 0.1) is 0 Å². The van der Waals surface area contributed by atoms with E-state index in [0.717, 1.165) is 24.1 Å². The Morgan fingerprint density at radius 2 is 2.04 bits per heavy atom. The molecule has 0 bridgehead atoms. The van der Waals surface area contributed by atoms with Crippen molar-refractivity contribution in [1.29, 1.82) is 0 Å². The maximum absolute atomic E-state index is 12.6. The van der Waals surface area contributed by atoms with E-state index in [-0.39, 0.29) is 6.09 Å². The maximum atomic E-state index is 12.6. The van der Waals surface area contributed by atoms with Crippen molar-refractivity contribution < 1.29 is 18.3 Å². The topological polar surface area (TPSA) is 41.6 Å². The first kappa shape index (κ1) is 17.5. The van der Waals surface area contributed by atoms with Crippen LogP contribution >= 0.6 is 0 Å². The zero-order chi connectivity index (χ0) is 17.2. The Bertz CT molecular complexity index is 570. The van der Waals surface area contributed by atoms with Crippen LogP contribution in [0.3, 0.4) is 0 Å². The van der Waals surface area contributed by atoms with Gasteiger partial charge in [-0.2, -0.15) is 0 Å². The summed E-state index contributed by atoms with van der Waals surface area (Å²) in [6.07, 6.45) is -1.17. The van der Waals surface area contributed by atoms with Crippen molar-refractivity contribution >= 4 is 17.5 Å². The molecule has 6 heteroatoms. The number of ether oxygens (including phenoxy) is 1. The molecule has 0 radical (unpaired) electrons. The third-order valence-corrected chi connectivity index (χ3v) is 3.58. The van der Waals surface area contributed by atoms with E-state index >= 15 is 0 Å². The average Bonchev–Trinajstić information content (AvgIpc) is 2.44. The molecule has 0 saturated heterocycles. The molecule has 1 unspecified atom stereocenters. The van der Waals surface area contributed by atoms with Crippen molar-refractivity contribution in [2.24, 2.45) is 0 Å². The lowest BCUT2D eigenvalue weighted by Gasteiger charge is -2.32. The van der Waals surface area contributed by atoms with Gasteiger partial charge < -0.3 is 10.1 Å². The van der Waals surface area contributed by atoms with Crippen molar-refractivity contribution in [2.75, 3.05) is 16.8 Å². The molecule has 0 aromatic heterocycles. The van der Waals surface area contributed by atoms with E-state index < -0.39 is 18.1 Å². The standard InChI is InChI=1S/C17H24F2N2O2/c1-11(15(18)19)20-13-7-8-14-12(10-13)6-5-9-21(14)16(22)23-17(2,3)4/h7-8,10-11,15,20H,5-6,9H2,1-4H3. The highest BCUT2D eigenvalue weighted by molar-refractivity contribution is 5.90. The van der Waals surface area contributed by atoms with Gasteiger partial charge in [-0.3, -0.25) is 4.90 Å². The van der Waals surface area contributed by atoms with Crippen LogP contribution in [0.25, 0.3) is 0 Å². The summed E-state index contributed by atoms with van der Waals surface area (Å²) in [6.45, 7) is 7.52. The minimum absolute atomic E-state index is 0.375. The Hall–Kier alpha value is -1.85. The number of hydrogen-bond acceptors (Lipinski definition) is 3. The predicted molar refractivity (Wildman–Crippen MR) is 87.4 cm³/mol. The van der Waals surface area contributed by atoms with E-state index in [2.05, 4.69) is 5.32 Å². The van der Waals surface area contributed by atoms with Gasteiger partial charge in [0.25, 0.3) is 6.43 Å². The van der Waals surface area contributed by atoms with Crippen LogP contribution in [0.2, 0.25) is 0 Å². The fraction of sp³-hybridized carbons (Fsp3) is 0.588. The molecule has 1 aliphatic rings. The first-order valence-corrected chi connectivity index (χ1v) is 7.85. The van der Waals surface area contributed by atoms with Crippen molar-refractivity contribution in [2.45, 2.75) is 58.6 Å². The summed E-state index contributed by atoms with van der Waals surface area (Å²) < 4.78 is 30.7. The van der Waals surface area contributed by atoms with Gasteiger partial charge in [-0.15, -0.1) is 0 Å². The number of carbonyl (C=O) groups excluding carboxylic acids is 1. The summed E-state index contributed by atoms with van der Waals surface area (Å²) in [5, 5.41) is 2.79. The zero-order valence-electron chi connectivity index (χ0n) is 14.0. The normalized spacial score (nSPS) is 16.0. The van der Waals surface area contributed by atoms with E-state index in [1.54, 1.807) is 17.0 Å². The number of halogens is 2. The average molecular weight is 326 g/mol. The van der Waals surface area contributed by atoms with Gasteiger partial charge in [0.15, 0.2) is 0 Å². The highest BCUT2D eigenvalue weighted by Crippen LogP contribution is 2.31. The third kappa shape index (κ3) is 4.56. The summed E-state index contributed by atoms with van der Waals surface area (Å²) in [5.41, 5.74) is 1.85. The number of alkyl halides is 2. The summed E-state index contributed by atoms with van der Waals surface area (Å²) in [4.78, 5) is 13.9. The predicted octanol–water partition coefficient (Wildman–Crippen LogP) is 4.44. The van der Waals surface area contributed by atoms with Gasteiger partial charge in [0.05, 0.1) is 11.7 Å². The number of aryl methyl sites for hydroxylation is 1. The van der Waals surface area contributed by atoms with Crippen LogP contribution in [0.1, 0.15) is 39.7 Å². The summed E-state index contributed by atoms with van der Waals surface area (Å²) >= 11 is 0. The highest BCUT2D eigenvalue weighted by Gasteiger charge is 2.27. The molecule has 0 saturated carbocycles. The van der Waals surface area contributed by atoms with Crippen molar-refractivity contribution in [3.05, 3.63) is 23.8 Å². The molecular weight excluding hydrogens is 302 g/mol. The molecule has 0 fully saturated rings. The number of fused-ring (bicyclic) bond motifs is 1. The number of rotatable bonds is 3. The van der Waals surface area contributed by atoms with E-state index in [1.165, 1.54) is 6.92 Å². The van der Waals surface area contributed by atoms with Gasteiger partial charge in [0, 0.05) is 12.2 Å². The first-order chi connectivity index (χ1) is 10.7. The molecule has 0 spiro atoms. The van der Waals surface area contributed by atoms with Crippen LogP contribution < -0.4 is 10.2 Å². The summed E-state index contributed by atoms with van der Waals surface area (Å²) in [6, 6.07) is 4.43.